The molecule has 1 aliphatic heterocycles. The number of benzene rings is 3. The standard InChI is InChI=1S/C27H25NO4S2/c1-4-31-24-15-19(8-13-23(24)32-17-20-7-5-6-18(2)14-20)16-25-26(29)28(27(33)34-25)21-9-11-22(30-3)12-10-21/h5-16H,4,17H2,1-3H3/b25-16+. The highest BCUT2D eigenvalue weighted by Gasteiger charge is 2.33. The second-order valence-electron chi connectivity index (χ2n) is 7.63. The van der Waals surface area contributed by atoms with Crippen LogP contribution >= 0.6 is 24.0 Å². The van der Waals surface area contributed by atoms with Crippen LogP contribution in [0.2, 0.25) is 0 Å². The van der Waals surface area contributed by atoms with Crippen molar-refractivity contribution in [1.29, 1.82) is 0 Å². The van der Waals surface area contributed by atoms with E-state index in [1.165, 1.54) is 22.2 Å². The predicted molar refractivity (Wildman–Crippen MR) is 142 cm³/mol. The van der Waals surface area contributed by atoms with Crippen molar-refractivity contribution in [2.75, 3.05) is 18.6 Å². The number of hydrogen-bond acceptors (Lipinski definition) is 6. The first kappa shape index (κ1) is 23.9. The van der Waals surface area contributed by atoms with Gasteiger partial charge in [0.2, 0.25) is 0 Å². The molecule has 1 saturated heterocycles. The fraction of sp³-hybridized carbons (Fsp3) is 0.185. The number of aryl methyl sites for hydroxylation is 1. The SMILES string of the molecule is CCOc1cc(/C=C2/SC(=S)N(c3ccc(OC)cc3)C2=O)ccc1OCc1cccc(C)c1. The lowest BCUT2D eigenvalue weighted by atomic mass is 10.1. The first-order chi connectivity index (χ1) is 16.5. The highest BCUT2D eigenvalue weighted by Crippen LogP contribution is 2.37. The van der Waals surface area contributed by atoms with Gasteiger partial charge in [0.15, 0.2) is 15.8 Å². The van der Waals surface area contributed by atoms with E-state index >= 15 is 0 Å². The van der Waals surface area contributed by atoms with Crippen molar-refractivity contribution in [3.8, 4) is 17.2 Å². The van der Waals surface area contributed by atoms with Crippen molar-refractivity contribution in [2.45, 2.75) is 20.5 Å². The minimum Gasteiger partial charge on any atom is -0.497 e. The molecule has 3 aromatic carbocycles. The number of rotatable bonds is 8. The van der Waals surface area contributed by atoms with E-state index in [4.69, 9.17) is 26.4 Å². The number of anilines is 1. The minimum atomic E-state index is -0.155. The molecule has 4 rings (SSSR count). The van der Waals surface area contributed by atoms with Crippen LogP contribution in [-0.2, 0) is 11.4 Å². The summed E-state index contributed by atoms with van der Waals surface area (Å²) in [6.45, 7) is 4.93. The Morgan fingerprint density at radius 3 is 2.50 bits per heavy atom. The molecule has 1 aliphatic rings. The van der Waals surface area contributed by atoms with E-state index in [1.807, 2.05) is 55.5 Å². The molecule has 0 aromatic heterocycles. The molecule has 174 valence electrons. The number of hydrogen-bond donors (Lipinski definition) is 0. The van der Waals surface area contributed by atoms with E-state index < -0.39 is 0 Å². The van der Waals surface area contributed by atoms with Crippen LogP contribution in [-0.4, -0.2) is 23.9 Å². The molecule has 3 aromatic rings. The van der Waals surface area contributed by atoms with Gasteiger partial charge in [-0.1, -0.05) is 59.9 Å². The molecular formula is C27H25NO4S2. The van der Waals surface area contributed by atoms with Gasteiger partial charge in [0.25, 0.3) is 5.91 Å². The second kappa shape index (κ2) is 10.8. The molecule has 1 amide bonds. The Hall–Kier alpha value is -3.29. The van der Waals surface area contributed by atoms with E-state index in [9.17, 15) is 4.79 Å². The number of thioether (sulfide) groups is 1. The predicted octanol–water partition coefficient (Wildman–Crippen LogP) is 6.39. The van der Waals surface area contributed by atoms with Crippen LogP contribution in [0.4, 0.5) is 5.69 Å². The van der Waals surface area contributed by atoms with Crippen molar-refractivity contribution in [3.63, 3.8) is 0 Å². The van der Waals surface area contributed by atoms with Gasteiger partial charge in [-0.25, -0.2) is 0 Å². The van der Waals surface area contributed by atoms with Crippen molar-refractivity contribution in [3.05, 3.63) is 88.3 Å². The highest BCUT2D eigenvalue weighted by molar-refractivity contribution is 8.27. The molecule has 0 atom stereocenters. The fourth-order valence-corrected chi connectivity index (χ4v) is 4.84. The number of carbonyl (C=O) groups is 1. The summed E-state index contributed by atoms with van der Waals surface area (Å²) in [5.74, 6) is 1.86. The molecule has 0 radical (unpaired) electrons. The topological polar surface area (TPSA) is 48.0 Å². The fourth-order valence-electron chi connectivity index (χ4n) is 3.54. The van der Waals surface area contributed by atoms with E-state index in [2.05, 4.69) is 19.1 Å². The Balaban J connectivity index is 1.54. The molecule has 0 N–H and O–H groups in total. The van der Waals surface area contributed by atoms with Crippen LogP contribution < -0.4 is 19.1 Å². The van der Waals surface area contributed by atoms with Crippen molar-refractivity contribution in [2.24, 2.45) is 0 Å². The Morgan fingerprint density at radius 2 is 1.79 bits per heavy atom. The number of carbonyl (C=O) groups excluding carboxylic acids is 1. The molecule has 0 saturated carbocycles. The lowest BCUT2D eigenvalue weighted by Crippen LogP contribution is -2.27. The van der Waals surface area contributed by atoms with E-state index in [-0.39, 0.29) is 5.91 Å². The maximum Gasteiger partial charge on any atom is 0.270 e. The van der Waals surface area contributed by atoms with Crippen LogP contribution in [0.15, 0.2) is 71.6 Å². The first-order valence-electron chi connectivity index (χ1n) is 10.9. The first-order valence-corrected chi connectivity index (χ1v) is 12.1. The van der Waals surface area contributed by atoms with Gasteiger partial charge in [-0.3, -0.25) is 9.69 Å². The Morgan fingerprint density at radius 1 is 1.00 bits per heavy atom. The zero-order chi connectivity index (χ0) is 24.1. The number of amides is 1. The molecule has 5 nitrogen and oxygen atoms in total. The van der Waals surface area contributed by atoms with Crippen LogP contribution in [0.1, 0.15) is 23.6 Å². The zero-order valence-electron chi connectivity index (χ0n) is 19.2. The third-order valence-corrected chi connectivity index (χ3v) is 6.47. The Labute approximate surface area is 209 Å². The molecule has 7 heteroatoms. The summed E-state index contributed by atoms with van der Waals surface area (Å²) in [7, 11) is 1.60. The molecular weight excluding hydrogens is 466 g/mol. The van der Waals surface area contributed by atoms with Crippen LogP contribution in [0.25, 0.3) is 6.08 Å². The highest BCUT2D eigenvalue weighted by atomic mass is 32.2. The molecule has 0 unspecified atom stereocenters. The summed E-state index contributed by atoms with van der Waals surface area (Å²) in [6.07, 6.45) is 1.83. The second-order valence-corrected chi connectivity index (χ2v) is 9.31. The van der Waals surface area contributed by atoms with Crippen molar-refractivity contribution < 1.29 is 19.0 Å². The van der Waals surface area contributed by atoms with Crippen LogP contribution in [0.3, 0.4) is 0 Å². The summed E-state index contributed by atoms with van der Waals surface area (Å²) < 4.78 is 17.5. The van der Waals surface area contributed by atoms with Gasteiger partial charge in [-0.2, -0.15) is 0 Å². The van der Waals surface area contributed by atoms with Gasteiger partial charge in [0, 0.05) is 0 Å². The van der Waals surface area contributed by atoms with Gasteiger partial charge in [0.05, 0.1) is 24.3 Å². The van der Waals surface area contributed by atoms with E-state index in [1.54, 1.807) is 19.2 Å². The molecule has 0 spiro atoms. The van der Waals surface area contributed by atoms with E-state index in [0.717, 1.165) is 16.9 Å². The summed E-state index contributed by atoms with van der Waals surface area (Å²) >= 11 is 6.76. The number of thiocarbonyl (C=S) groups is 1. The van der Waals surface area contributed by atoms with Crippen LogP contribution in [0.5, 0.6) is 17.2 Å². The maximum absolute atomic E-state index is 13.1. The summed E-state index contributed by atoms with van der Waals surface area (Å²) in [6, 6.07) is 21.1. The number of ether oxygens (including phenoxy) is 3. The average molecular weight is 492 g/mol. The molecule has 1 heterocycles. The summed E-state index contributed by atoms with van der Waals surface area (Å²) in [5.41, 5.74) is 3.82. The Bertz CT molecular complexity index is 1240. The minimum absolute atomic E-state index is 0.155. The molecule has 1 fully saturated rings. The molecule has 34 heavy (non-hydrogen) atoms. The number of nitrogens with zero attached hydrogens (tertiary/aromatic N) is 1. The smallest absolute Gasteiger partial charge is 0.270 e. The van der Waals surface area contributed by atoms with Crippen LogP contribution in [0, 0.1) is 6.92 Å². The summed E-state index contributed by atoms with van der Waals surface area (Å²) in [4.78, 5) is 15.2. The van der Waals surface area contributed by atoms with Crippen molar-refractivity contribution in [1.82, 2.24) is 0 Å². The quantitative estimate of drug-likeness (QED) is 0.269. The third-order valence-electron chi connectivity index (χ3n) is 5.17. The molecule has 0 bridgehead atoms. The largest absolute Gasteiger partial charge is 0.497 e. The van der Waals surface area contributed by atoms with Gasteiger partial charge in [-0.15, -0.1) is 0 Å². The number of methoxy groups -OCH3 is 1. The maximum atomic E-state index is 13.1. The normalized spacial score (nSPS) is 14.6. The third kappa shape index (κ3) is 5.43. The monoisotopic (exact) mass is 491 g/mol. The van der Waals surface area contributed by atoms with Crippen molar-refractivity contribution >= 4 is 46.0 Å². The molecule has 0 aliphatic carbocycles. The lowest BCUT2D eigenvalue weighted by Gasteiger charge is -2.15. The Kier molecular flexibility index (Phi) is 7.55. The van der Waals surface area contributed by atoms with Gasteiger partial charge >= 0.3 is 0 Å². The van der Waals surface area contributed by atoms with E-state index in [0.29, 0.717) is 39.6 Å². The summed E-state index contributed by atoms with van der Waals surface area (Å²) in [5, 5.41) is 0. The van der Waals surface area contributed by atoms with Gasteiger partial charge in [-0.05, 0) is 67.4 Å². The zero-order valence-corrected chi connectivity index (χ0v) is 20.9. The van der Waals surface area contributed by atoms with Gasteiger partial charge in [0.1, 0.15) is 12.4 Å². The van der Waals surface area contributed by atoms with Gasteiger partial charge < -0.3 is 14.2 Å². The lowest BCUT2D eigenvalue weighted by molar-refractivity contribution is -0.113. The average Bonchev–Trinajstić information content (AvgIpc) is 3.11.